The molecule has 0 aliphatic carbocycles. The van der Waals surface area contributed by atoms with Crippen molar-refractivity contribution < 1.29 is 5.11 Å². The first-order valence-corrected chi connectivity index (χ1v) is 12.8. The van der Waals surface area contributed by atoms with Crippen LogP contribution in [0.15, 0.2) is 97.1 Å². The largest absolute Gasteiger partial charge is 0.508 e. The van der Waals surface area contributed by atoms with Crippen molar-refractivity contribution in [1.82, 2.24) is 0 Å². The molecule has 3 heteroatoms. The number of aryl methyl sites for hydroxylation is 1. The van der Waals surface area contributed by atoms with Crippen molar-refractivity contribution in [3.63, 3.8) is 0 Å². The Morgan fingerprint density at radius 3 is 1.56 bits per heavy atom. The van der Waals surface area contributed by atoms with E-state index in [1.54, 1.807) is 12.1 Å². The fraction of sp³-hybridized carbons (Fsp3) is 0.226. The maximum absolute atomic E-state index is 9.83. The fourth-order valence-corrected chi connectivity index (χ4v) is 5.58. The first-order valence-electron chi connectivity index (χ1n) is 11.8. The molecule has 0 radical (unpaired) electrons. The number of hydrogen-bond acceptors (Lipinski definition) is 3. The van der Waals surface area contributed by atoms with Gasteiger partial charge in [0.1, 0.15) is 5.75 Å². The van der Waals surface area contributed by atoms with Gasteiger partial charge in [0.2, 0.25) is 0 Å². The highest BCUT2D eigenvalue weighted by Gasteiger charge is 2.25. The molecule has 0 aromatic heterocycles. The van der Waals surface area contributed by atoms with Crippen molar-refractivity contribution in [2.45, 2.75) is 43.1 Å². The van der Waals surface area contributed by atoms with Crippen LogP contribution in [0.5, 0.6) is 5.75 Å². The van der Waals surface area contributed by atoms with E-state index in [0.717, 1.165) is 12.8 Å². The molecule has 0 heterocycles. The van der Waals surface area contributed by atoms with E-state index in [2.05, 4.69) is 86.6 Å². The standard InChI is InChI=1S/C31H32OS2/c1-21-17-27(29(33)19-23-9-5-3-6-10-23)31(22(2)25-13-15-26(32)16-14-25)28(18-21)30(34)20-24-11-7-4-8-12-24/h3-18,22,29-30,32-34H,19-20H2,1-2H3. The summed E-state index contributed by atoms with van der Waals surface area (Å²) in [6.45, 7) is 4.41. The van der Waals surface area contributed by atoms with Crippen LogP contribution in [-0.2, 0) is 12.8 Å². The fourth-order valence-electron chi connectivity index (χ4n) is 4.73. The van der Waals surface area contributed by atoms with Gasteiger partial charge >= 0.3 is 0 Å². The first kappa shape index (κ1) is 24.5. The van der Waals surface area contributed by atoms with Crippen molar-refractivity contribution in [3.05, 3.63) is 136 Å². The van der Waals surface area contributed by atoms with Gasteiger partial charge in [-0.15, -0.1) is 0 Å². The average Bonchev–Trinajstić information content (AvgIpc) is 2.85. The summed E-state index contributed by atoms with van der Waals surface area (Å²) < 4.78 is 0. The summed E-state index contributed by atoms with van der Waals surface area (Å²) in [6.07, 6.45) is 1.72. The highest BCUT2D eigenvalue weighted by Crippen LogP contribution is 2.42. The normalized spacial score (nSPS) is 13.9. The van der Waals surface area contributed by atoms with E-state index in [-0.39, 0.29) is 22.2 Å². The van der Waals surface area contributed by atoms with Gasteiger partial charge in [0.05, 0.1) is 0 Å². The topological polar surface area (TPSA) is 20.2 Å². The second-order valence-electron chi connectivity index (χ2n) is 9.08. The minimum Gasteiger partial charge on any atom is -0.508 e. The van der Waals surface area contributed by atoms with Crippen LogP contribution in [0, 0.1) is 6.92 Å². The van der Waals surface area contributed by atoms with Gasteiger partial charge in [-0.25, -0.2) is 0 Å². The number of phenols is 1. The molecule has 0 aliphatic rings. The van der Waals surface area contributed by atoms with Crippen LogP contribution < -0.4 is 0 Å². The molecule has 4 rings (SSSR count). The predicted octanol–water partition coefficient (Wildman–Crippen LogP) is 8.28. The van der Waals surface area contributed by atoms with E-state index in [1.807, 2.05) is 12.1 Å². The van der Waals surface area contributed by atoms with Gasteiger partial charge < -0.3 is 5.11 Å². The van der Waals surface area contributed by atoms with E-state index in [4.69, 9.17) is 25.3 Å². The molecule has 0 amide bonds. The van der Waals surface area contributed by atoms with Gasteiger partial charge in [0.15, 0.2) is 0 Å². The molecule has 0 spiro atoms. The molecular weight excluding hydrogens is 452 g/mol. The van der Waals surface area contributed by atoms with Crippen LogP contribution in [0.25, 0.3) is 0 Å². The molecule has 1 nitrogen and oxygen atoms in total. The van der Waals surface area contributed by atoms with Crippen LogP contribution in [-0.4, -0.2) is 5.11 Å². The Kier molecular flexibility index (Phi) is 8.07. The zero-order valence-electron chi connectivity index (χ0n) is 19.7. The SMILES string of the molecule is Cc1cc(C(S)Cc2ccccc2)c(C(C)c2ccc(O)cc2)c(C(S)Cc2ccccc2)c1. The van der Waals surface area contributed by atoms with Crippen molar-refractivity contribution in [3.8, 4) is 5.75 Å². The quantitative estimate of drug-likeness (QED) is 0.215. The maximum atomic E-state index is 9.83. The van der Waals surface area contributed by atoms with Gasteiger partial charge in [-0.3, -0.25) is 0 Å². The summed E-state index contributed by atoms with van der Waals surface area (Å²) >= 11 is 10.2. The van der Waals surface area contributed by atoms with Crippen LogP contribution in [0.3, 0.4) is 0 Å². The molecule has 3 unspecified atom stereocenters. The van der Waals surface area contributed by atoms with Crippen molar-refractivity contribution in [2.75, 3.05) is 0 Å². The van der Waals surface area contributed by atoms with Crippen LogP contribution >= 0.6 is 25.3 Å². The summed E-state index contributed by atoms with van der Waals surface area (Å²) in [4.78, 5) is 0. The number of hydrogen-bond donors (Lipinski definition) is 3. The minimum absolute atomic E-state index is 0.0628. The van der Waals surface area contributed by atoms with E-state index >= 15 is 0 Å². The van der Waals surface area contributed by atoms with Gasteiger partial charge in [-0.2, -0.15) is 25.3 Å². The lowest BCUT2D eigenvalue weighted by Gasteiger charge is -2.28. The lowest BCUT2D eigenvalue weighted by molar-refractivity contribution is 0.475. The number of phenolic OH excluding ortho intramolecular Hbond substituents is 1. The smallest absolute Gasteiger partial charge is 0.115 e. The van der Waals surface area contributed by atoms with Crippen LogP contribution in [0.4, 0.5) is 0 Å². The molecule has 4 aromatic carbocycles. The minimum atomic E-state index is 0.0628. The number of thiol groups is 2. The second kappa shape index (κ2) is 11.2. The summed E-state index contributed by atoms with van der Waals surface area (Å²) in [6, 6.07) is 33.3. The van der Waals surface area contributed by atoms with Gasteiger partial charge in [0.25, 0.3) is 0 Å². The first-order chi connectivity index (χ1) is 16.4. The molecule has 1 N–H and O–H groups in total. The third-order valence-corrected chi connectivity index (χ3v) is 7.40. The molecule has 0 bridgehead atoms. The molecule has 174 valence electrons. The van der Waals surface area contributed by atoms with Gasteiger partial charge in [-0.05, 0) is 65.3 Å². The van der Waals surface area contributed by atoms with Crippen molar-refractivity contribution >= 4 is 25.3 Å². The Morgan fingerprint density at radius 1 is 0.676 bits per heavy atom. The van der Waals surface area contributed by atoms with Crippen LogP contribution in [0.1, 0.15) is 62.3 Å². The Bertz CT molecular complexity index is 1130. The molecular formula is C31H32OS2. The maximum Gasteiger partial charge on any atom is 0.115 e. The van der Waals surface area contributed by atoms with E-state index in [9.17, 15) is 5.11 Å². The molecule has 0 aliphatic heterocycles. The van der Waals surface area contributed by atoms with Gasteiger partial charge in [0, 0.05) is 16.4 Å². The van der Waals surface area contributed by atoms with Gasteiger partial charge in [-0.1, -0.05) is 97.4 Å². The molecule has 3 atom stereocenters. The molecule has 0 fully saturated rings. The zero-order chi connectivity index (χ0) is 24.1. The summed E-state index contributed by atoms with van der Waals surface area (Å²) in [5, 5.41) is 9.96. The van der Waals surface area contributed by atoms with E-state index < -0.39 is 0 Å². The number of rotatable bonds is 8. The lowest BCUT2D eigenvalue weighted by Crippen LogP contribution is -2.12. The van der Waals surface area contributed by atoms with Crippen LogP contribution in [0.2, 0.25) is 0 Å². The van der Waals surface area contributed by atoms with E-state index in [0.29, 0.717) is 0 Å². The highest BCUT2D eigenvalue weighted by atomic mass is 32.1. The molecule has 0 saturated heterocycles. The summed E-state index contributed by atoms with van der Waals surface area (Å²) in [5.41, 5.74) is 8.77. The Morgan fingerprint density at radius 2 is 1.12 bits per heavy atom. The summed E-state index contributed by atoms with van der Waals surface area (Å²) in [5.74, 6) is 0.426. The monoisotopic (exact) mass is 484 g/mol. The highest BCUT2D eigenvalue weighted by molar-refractivity contribution is 7.80. The third-order valence-electron chi connectivity index (χ3n) is 6.48. The third kappa shape index (κ3) is 5.89. The molecule has 4 aromatic rings. The molecule has 0 saturated carbocycles. The number of benzene rings is 4. The average molecular weight is 485 g/mol. The predicted molar refractivity (Wildman–Crippen MR) is 151 cm³/mol. The number of aromatic hydroxyl groups is 1. The molecule has 34 heavy (non-hydrogen) atoms. The van der Waals surface area contributed by atoms with Crippen molar-refractivity contribution in [2.24, 2.45) is 0 Å². The summed E-state index contributed by atoms with van der Waals surface area (Å²) in [7, 11) is 0. The zero-order valence-corrected chi connectivity index (χ0v) is 21.5. The lowest BCUT2D eigenvalue weighted by atomic mass is 9.81. The van der Waals surface area contributed by atoms with E-state index in [1.165, 1.54) is 38.9 Å². The Hall–Kier alpha value is -2.62. The Labute approximate surface area is 214 Å². The second-order valence-corrected chi connectivity index (χ2v) is 10.3. The Balaban J connectivity index is 1.79. The van der Waals surface area contributed by atoms with Crippen molar-refractivity contribution in [1.29, 1.82) is 0 Å².